The Bertz CT molecular complexity index is 2710. The van der Waals surface area contributed by atoms with Crippen molar-refractivity contribution in [3.05, 3.63) is 165 Å². The fourth-order valence-electron chi connectivity index (χ4n) is 11.8. The molecule has 8 rings (SSSR count). The summed E-state index contributed by atoms with van der Waals surface area (Å²) in [5.74, 6) is 1.86. The van der Waals surface area contributed by atoms with Crippen LogP contribution in [0.25, 0.3) is 33.7 Å². The summed E-state index contributed by atoms with van der Waals surface area (Å²) in [6, 6.07) is 41.0. The van der Waals surface area contributed by atoms with Gasteiger partial charge in [0.05, 0.1) is 0 Å². The first-order chi connectivity index (χ1) is 27.0. The minimum atomic E-state index is -7.05. The molecule has 2 nitrogen and oxygen atoms in total. The molecule has 0 amide bonds. The van der Waals surface area contributed by atoms with Gasteiger partial charge in [-0.05, 0) is 0 Å². The van der Waals surface area contributed by atoms with Crippen LogP contribution in [-0.2, 0) is 26.1 Å². The van der Waals surface area contributed by atoms with Gasteiger partial charge >= 0.3 is 347 Å². The summed E-state index contributed by atoms with van der Waals surface area (Å²) >= 11 is -7.05. The van der Waals surface area contributed by atoms with Crippen molar-refractivity contribution in [2.45, 2.75) is 109 Å². The van der Waals surface area contributed by atoms with Gasteiger partial charge in [-0.15, -0.1) is 0 Å². The van der Waals surface area contributed by atoms with Gasteiger partial charge in [-0.1, -0.05) is 0 Å². The van der Waals surface area contributed by atoms with Crippen molar-refractivity contribution in [1.29, 1.82) is 0 Å². The van der Waals surface area contributed by atoms with Crippen LogP contribution in [0.4, 0.5) is 0 Å². The molecule has 0 saturated heterocycles. The number of aryl methyl sites for hydroxylation is 2. The van der Waals surface area contributed by atoms with E-state index >= 15 is 0 Å². The molecule has 0 N–H and O–H groups in total. The van der Waals surface area contributed by atoms with Crippen molar-refractivity contribution in [3.63, 3.8) is 0 Å². The van der Waals surface area contributed by atoms with Crippen LogP contribution in [0, 0.1) is 13.8 Å². The van der Waals surface area contributed by atoms with Crippen molar-refractivity contribution in [2.75, 3.05) is 0 Å². The third-order valence-corrected chi connectivity index (χ3v) is 41.0. The van der Waals surface area contributed by atoms with Crippen LogP contribution in [0.1, 0.15) is 120 Å². The number of hydrogen-bond acceptors (Lipinski definition) is 2. The standard InChI is InChI=1S/2C15H13.2C11H16O.2CH3.H2Si.Zr/c2*1-2-11-9-13-8-7-12-5-3-4-6-14(12)15(13)10-11;2*1-8-5-6-10(12)9(7-8)11(2,3)4;;;;/h2*3-10H,2H2,1H3;2*5-7,12H,1-4H3;2*1H3;1H2;/q;;;;;;;+2/p-2. The second-order valence-corrected chi connectivity index (χ2v) is 64.9. The van der Waals surface area contributed by atoms with Gasteiger partial charge in [0.2, 0.25) is 0 Å². The Morgan fingerprint density at radius 3 is 1.28 bits per heavy atom. The molecule has 2 aliphatic carbocycles. The molecule has 0 saturated carbocycles. The van der Waals surface area contributed by atoms with Gasteiger partial charge < -0.3 is 0 Å². The van der Waals surface area contributed by atoms with E-state index in [4.69, 9.17) is 5.63 Å². The first-order valence-electron chi connectivity index (χ1n) is 21.6. The van der Waals surface area contributed by atoms with E-state index in [1.807, 2.05) is 0 Å². The van der Waals surface area contributed by atoms with Crippen LogP contribution >= 0.6 is 0 Å². The molecule has 2 unspecified atom stereocenters. The predicted octanol–water partition coefficient (Wildman–Crippen LogP) is 15.0. The molecular weight excluding hydrogens is 800 g/mol. The molecule has 58 heavy (non-hydrogen) atoms. The molecule has 300 valence electrons. The summed E-state index contributed by atoms with van der Waals surface area (Å²) in [5.41, 5.74) is 12.5. The van der Waals surface area contributed by atoms with Gasteiger partial charge in [-0.25, -0.2) is 0 Å². The van der Waals surface area contributed by atoms with E-state index in [9.17, 15) is 0 Å². The molecule has 6 aromatic carbocycles. The van der Waals surface area contributed by atoms with E-state index in [0.717, 1.165) is 24.3 Å². The van der Waals surface area contributed by atoms with Crippen LogP contribution < -0.4 is 5.63 Å². The molecule has 6 aromatic rings. The van der Waals surface area contributed by atoms with E-state index in [1.165, 1.54) is 77.2 Å². The topological polar surface area (TPSA) is 18.5 Å². The number of rotatable bonds is 8. The zero-order chi connectivity index (χ0) is 41.7. The summed E-state index contributed by atoms with van der Waals surface area (Å²) < 4.78 is 22.6. The predicted molar refractivity (Wildman–Crippen MR) is 251 cm³/mol. The average Bonchev–Trinajstić information content (AvgIpc) is 3.77. The van der Waals surface area contributed by atoms with Crippen molar-refractivity contribution in [3.8, 4) is 11.5 Å². The van der Waals surface area contributed by atoms with E-state index in [-0.39, 0.29) is 18.1 Å². The molecule has 0 radical (unpaired) electrons. The zero-order valence-corrected chi connectivity index (χ0v) is 41.0. The molecule has 0 spiro atoms. The van der Waals surface area contributed by atoms with Crippen molar-refractivity contribution in [1.82, 2.24) is 0 Å². The SMILES string of the molecule is CCC1=Cc2ccc3ccccc3c2[CH]1[Zr]([CH3])([CH3])(=[SiH2])([O]c1ccc(C)cc1C(C)(C)C)([O]c1ccc(C)cc1C(C)(C)C)[CH]1C(CC)=Cc2ccc3ccccc3c21. The first kappa shape index (κ1) is 40.8. The van der Waals surface area contributed by atoms with Crippen molar-refractivity contribution >= 4 is 40.6 Å². The summed E-state index contributed by atoms with van der Waals surface area (Å²) in [5, 5.41) is 5.04. The zero-order valence-electron chi connectivity index (χ0n) is 37.1. The Kier molecular flexibility index (Phi) is 8.81. The molecule has 0 aromatic heterocycles. The normalized spacial score (nSPS) is 18.7. The average molecular weight is 864 g/mol. The van der Waals surface area contributed by atoms with E-state index < -0.39 is 15.3 Å². The molecule has 4 heteroatoms. The molecule has 0 bridgehead atoms. The second-order valence-electron chi connectivity index (χ2n) is 21.9. The van der Waals surface area contributed by atoms with Crippen LogP contribution in [0.15, 0.2) is 120 Å². The fraction of sp³-hybridized carbons (Fsp3) is 0.333. The third kappa shape index (κ3) is 6.02. The monoisotopic (exact) mass is 862 g/mol. The Labute approximate surface area is 344 Å². The molecular formula is C54H64O2SiZr. The number of benzene rings is 6. The quantitative estimate of drug-likeness (QED) is 0.142. The van der Waals surface area contributed by atoms with Crippen LogP contribution in [0.2, 0.25) is 9.26 Å². The van der Waals surface area contributed by atoms with Crippen LogP contribution in [0.5, 0.6) is 11.5 Å². The summed E-state index contributed by atoms with van der Waals surface area (Å²) in [6.07, 6.45) is 6.74. The maximum atomic E-state index is 8.92. The minimum absolute atomic E-state index is 0.186. The first-order valence-corrected chi connectivity index (χ1v) is 37.3. The Morgan fingerprint density at radius 2 is 0.914 bits per heavy atom. The van der Waals surface area contributed by atoms with Gasteiger partial charge in [0, 0.05) is 0 Å². The Hall–Kier alpha value is -3.98. The van der Waals surface area contributed by atoms with Gasteiger partial charge in [0.15, 0.2) is 0 Å². The van der Waals surface area contributed by atoms with Crippen LogP contribution in [-0.4, -0.2) is 6.88 Å². The van der Waals surface area contributed by atoms with Gasteiger partial charge in [0.25, 0.3) is 0 Å². The number of fused-ring (bicyclic) bond motifs is 6. The third-order valence-electron chi connectivity index (χ3n) is 14.2. The Morgan fingerprint density at radius 1 is 0.534 bits per heavy atom. The molecule has 0 fully saturated rings. The molecule has 2 atom stereocenters. The van der Waals surface area contributed by atoms with Gasteiger partial charge in [0.1, 0.15) is 0 Å². The van der Waals surface area contributed by atoms with E-state index in [2.05, 4.69) is 207 Å². The van der Waals surface area contributed by atoms with Gasteiger partial charge in [-0.3, -0.25) is 0 Å². The van der Waals surface area contributed by atoms with E-state index in [0.29, 0.717) is 0 Å². The van der Waals surface area contributed by atoms with E-state index in [1.54, 1.807) is 0 Å². The van der Waals surface area contributed by atoms with Crippen molar-refractivity contribution < 1.29 is 20.9 Å². The second kappa shape index (κ2) is 12.5. The van der Waals surface area contributed by atoms with Crippen molar-refractivity contribution in [2.24, 2.45) is 0 Å². The summed E-state index contributed by atoms with van der Waals surface area (Å²) in [6.45, 7) is 25.2. The fourth-order valence-corrected chi connectivity index (χ4v) is 43.0. The Balaban J connectivity index is 1.68. The molecule has 2 aliphatic rings. The summed E-state index contributed by atoms with van der Waals surface area (Å²) in [7, 11) is 0. The molecule has 0 heterocycles. The van der Waals surface area contributed by atoms with Crippen LogP contribution in [0.3, 0.4) is 0 Å². The number of allylic oxidation sites excluding steroid dienone is 2. The number of hydrogen-bond donors (Lipinski definition) is 0. The molecule has 0 aliphatic heterocycles. The van der Waals surface area contributed by atoms with Gasteiger partial charge in [-0.2, -0.15) is 0 Å². The summed E-state index contributed by atoms with van der Waals surface area (Å²) in [4.78, 5) is 0. The maximum absolute atomic E-state index is 8.92.